The second kappa shape index (κ2) is 10.7. The molecule has 0 saturated carbocycles. The third-order valence-electron chi connectivity index (χ3n) is 6.53. The van der Waals surface area contributed by atoms with Gasteiger partial charge in [-0.1, -0.05) is 47.1 Å². The Balaban J connectivity index is 1.56. The van der Waals surface area contributed by atoms with Gasteiger partial charge in [-0.15, -0.1) is 0 Å². The number of hydrogen-bond acceptors (Lipinski definition) is 5. The van der Waals surface area contributed by atoms with Crippen LogP contribution in [0.25, 0.3) is 12.2 Å². The summed E-state index contributed by atoms with van der Waals surface area (Å²) in [4.78, 5) is 12.8. The maximum atomic E-state index is 13.6. The van der Waals surface area contributed by atoms with E-state index in [0.717, 1.165) is 22.8 Å². The van der Waals surface area contributed by atoms with Crippen LogP contribution in [0.1, 0.15) is 46.5 Å². The van der Waals surface area contributed by atoms with Gasteiger partial charge in [0.05, 0.1) is 17.2 Å². The molecule has 1 aliphatic rings. The Kier molecular flexibility index (Phi) is 7.80. The third kappa shape index (κ3) is 5.83. The molecule has 3 aromatic rings. The fraction of sp³-hybridized carbons (Fsp3) is 0.333. The van der Waals surface area contributed by atoms with Crippen molar-refractivity contribution in [2.75, 3.05) is 18.4 Å². The highest BCUT2D eigenvalue weighted by molar-refractivity contribution is 7.89. The van der Waals surface area contributed by atoms with Crippen LogP contribution in [0.4, 0.5) is 18.9 Å². The summed E-state index contributed by atoms with van der Waals surface area (Å²) in [5.41, 5.74) is 1.80. The number of amides is 1. The van der Waals surface area contributed by atoms with Gasteiger partial charge in [0, 0.05) is 13.1 Å². The lowest BCUT2D eigenvalue weighted by Crippen LogP contribution is -2.44. The molecule has 0 bridgehead atoms. The number of benzene rings is 2. The predicted molar refractivity (Wildman–Crippen MR) is 138 cm³/mol. The van der Waals surface area contributed by atoms with E-state index in [-0.39, 0.29) is 35.1 Å². The van der Waals surface area contributed by atoms with Crippen molar-refractivity contribution in [1.82, 2.24) is 9.46 Å². The van der Waals surface area contributed by atoms with E-state index in [1.54, 1.807) is 12.2 Å². The number of halogens is 3. The van der Waals surface area contributed by atoms with Gasteiger partial charge in [0.25, 0.3) is 0 Å². The molecule has 0 aliphatic carbocycles. The zero-order chi connectivity index (χ0) is 27.7. The molecule has 2 heterocycles. The van der Waals surface area contributed by atoms with Gasteiger partial charge in [-0.3, -0.25) is 4.79 Å². The van der Waals surface area contributed by atoms with E-state index in [4.69, 9.17) is 4.52 Å². The summed E-state index contributed by atoms with van der Waals surface area (Å²) in [6.45, 7) is 5.40. The second-order valence-electron chi connectivity index (χ2n) is 9.39. The Bertz CT molecular complexity index is 1480. The smallest absolute Gasteiger partial charge is 0.355 e. The lowest BCUT2D eigenvalue weighted by atomic mass is 9.98. The monoisotopic (exact) mass is 547 g/mol. The molecule has 7 nitrogen and oxygen atoms in total. The molecule has 1 unspecified atom stereocenters. The molecule has 4 rings (SSSR count). The van der Waals surface area contributed by atoms with E-state index in [0.29, 0.717) is 12.8 Å². The molecule has 11 heteroatoms. The van der Waals surface area contributed by atoms with Crippen LogP contribution in [0.3, 0.4) is 0 Å². The SMILES string of the molecule is Cc1ccc(C)c(/C=C/c2onc(C)c2S(=O)(=O)N2CCCC(C(=O)Nc3ccccc3C(F)(F)F)C2)c1. The lowest BCUT2D eigenvalue weighted by molar-refractivity contribution is -0.137. The summed E-state index contributed by atoms with van der Waals surface area (Å²) < 4.78 is 73.8. The van der Waals surface area contributed by atoms with Crippen LogP contribution in [0.2, 0.25) is 0 Å². The summed E-state index contributed by atoms with van der Waals surface area (Å²) in [5, 5.41) is 6.20. The Labute approximate surface area is 219 Å². The number of aromatic nitrogens is 1. The molecule has 1 fully saturated rings. The van der Waals surface area contributed by atoms with Crippen LogP contribution in [-0.2, 0) is 21.0 Å². The Morgan fingerprint density at radius 1 is 1.13 bits per heavy atom. The molecule has 1 amide bonds. The van der Waals surface area contributed by atoms with Crippen molar-refractivity contribution in [3.05, 3.63) is 76.2 Å². The summed E-state index contributed by atoms with van der Waals surface area (Å²) in [7, 11) is -4.11. The van der Waals surface area contributed by atoms with Crippen molar-refractivity contribution < 1.29 is 30.9 Å². The number of alkyl halides is 3. The molecular weight excluding hydrogens is 519 g/mol. The molecule has 202 valence electrons. The third-order valence-corrected chi connectivity index (χ3v) is 8.55. The Morgan fingerprint density at radius 2 is 1.87 bits per heavy atom. The number of aryl methyl sites for hydroxylation is 3. The molecule has 1 N–H and O–H groups in total. The number of nitrogens with one attached hydrogen (secondary N) is 1. The summed E-state index contributed by atoms with van der Waals surface area (Å²) in [5.74, 6) is -1.43. The van der Waals surface area contributed by atoms with Crippen LogP contribution >= 0.6 is 0 Å². The van der Waals surface area contributed by atoms with E-state index < -0.39 is 33.6 Å². The van der Waals surface area contributed by atoms with Crippen LogP contribution in [0.5, 0.6) is 0 Å². The van der Waals surface area contributed by atoms with Gasteiger partial charge in [-0.25, -0.2) is 8.42 Å². The number of carbonyl (C=O) groups is 1. The van der Waals surface area contributed by atoms with Crippen molar-refractivity contribution in [1.29, 1.82) is 0 Å². The summed E-state index contributed by atoms with van der Waals surface area (Å²) >= 11 is 0. The molecule has 1 aromatic heterocycles. The highest BCUT2D eigenvalue weighted by Gasteiger charge is 2.38. The average molecular weight is 548 g/mol. The molecule has 1 saturated heterocycles. The van der Waals surface area contributed by atoms with Gasteiger partial charge in [0.15, 0.2) is 10.7 Å². The van der Waals surface area contributed by atoms with E-state index in [1.807, 2.05) is 32.0 Å². The quantitative estimate of drug-likeness (QED) is 0.419. The first-order valence-corrected chi connectivity index (χ1v) is 13.5. The maximum Gasteiger partial charge on any atom is 0.418 e. The van der Waals surface area contributed by atoms with Gasteiger partial charge >= 0.3 is 6.18 Å². The Morgan fingerprint density at radius 3 is 2.61 bits per heavy atom. The number of rotatable bonds is 6. The van der Waals surface area contributed by atoms with Gasteiger partial charge in [-0.2, -0.15) is 17.5 Å². The zero-order valence-corrected chi connectivity index (χ0v) is 22.0. The zero-order valence-electron chi connectivity index (χ0n) is 21.2. The van der Waals surface area contributed by atoms with Crippen molar-refractivity contribution in [2.24, 2.45) is 5.92 Å². The standard InChI is InChI=1S/C27H28F3N3O4S/c1-17-10-11-18(2)20(15-17)12-13-24-25(19(3)32-37-24)38(35,36)33-14-6-7-21(16-33)26(34)31-23-9-5-4-8-22(23)27(28,29)30/h4-5,8-13,15,21H,6-7,14,16H2,1-3H3,(H,31,34)/b13-12+. The van der Waals surface area contributed by atoms with E-state index >= 15 is 0 Å². The van der Waals surface area contributed by atoms with Crippen molar-refractivity contribution in [2.45, 2.75) is 44.7 Å². The average Bonchev–Trinajstić information content (AvgIpc) is 3.25. The first-order valence-electron chi connectivity index (χ1n) is 12.1. The molecule has 2 aromatic carbocycles. The topological polar surface area (TPSA) is 92.5 Å². The number of carbonyl (C=O) groups excluding carboxylic acids is 1. The molecule has 0 spiro atoms. The number of piperidine rings is 1. The van der Waals surface area contributed by atoms with E-state index in [9.17, 15) is 26.4 Å². The lowest BCUT2D eigenvalue weighted by Gasteiger charge is -2.31. The predicted octanol–water partition coefficient (Wildman–Crippen LogP) is 5.83. The number of nitrogens with zero attached hydrogens (tertiary/aromatic N) is 2. The number of anilines is 1. The van der Waals surface area contributed by atoms with Crippen LogP contribution in [0.15, 0.2) is 51.9 Å². The highest BCUT2D eigenvalue weighted by Crippen LogP contribution is 2.35. The maximum absolute atomic E-state index is 13.6. The Hall–Kier alpha value is -3.44. The fourth-order valence-electron chi connectivity index (χ4n) is 4.48. The van der Waals surface area contributed by atoms with Crippen LogP contribution < -0.4 is 5.32 Å². The van der Waals surface area contributed by atoms with Crippen LogP contribution in [-0.4, -0.2) is 36.9 Å². The number of para-hydroxylation sites is 1. The van der Waals surface area contributed by atoms with Crippen molar-refractivity contribution >= 4 is 33.8 Å². The van der Waals surface area contributed by atoms with E-state index in [2.05, 4.69) is 10.5 Å². The highest BCUT2D eigenvalue weighted by atomic mass is 32.2. The minimum atomic E-state index is -4.64. The van der Waals surface area contributed by atoms with Gasteiger partial charge < -0.3 is 9.84 Å². The molecule has 38 heavy (non-hydrogen) atoms. The van der Waals surface area contributed by atoms with Crippen molar-refractivity contribution in [3.8, 4) is 0 Å². The number of hydrogen-bond donors (Lipinski definition) is 1. The van der Waals surface area contributed by atoms with Gasteiger partial charge in [0.2, 0.25) is 15.9 Å². The minimum absolute atomic E-state index is 0.0640. The van der Waals surface area contributed by atoms with Gasteiger partial charge in [-0.05, 0) is 62.9 Å². The summed E-state index contributed by atoms with van der Waals surface area (Å²) in [6.07, 6.45) is -0.620. The van der Waals surface area contributed by atoms with Gasteiger partial charge in [0.1, 0.15) is 5.69 Å². The van der Waals surface area contributed by atoms with E-state index in [1.165, 1.54) is 29.4 Å². The second-order valence-corrected chi connectivity index (χ2v) is 11.3. The van der Waals surface area contributed by atoms with Crippen LogP contribution in [0, 0.1) is 26.7 Å². The summed E-state index contributed by atoms with van der Waals surface area (Å²) in [6, 6.07) is 10.6. The largest absolute Gasteiger partial charge is 0.418 e. The molecular formula is C27H28F3N3O4S. The first kappa shape index (κ1) is 27.6. The molecule has 1 atom stereocenters. The molecule has 0 radical (unpaired) electrons. The normalized spacial score (nSPS) is 17.2. The minimum Gasteiger partial charge on any atom is -0.355 e. The molecule has 1 aliphatic heterocycles. The number of sulfonamides is 1. The van der Waals surface area contributed by atoms with Crippen molar-refractivity contribution in [3.63, 3.8) is 0 Å². The fourth-order valence-corrected chi connectivity index (χ4v) is 6.26. The first-order chi connectivity index (χ1) is 17.9.